The fourth-order valence-corrected chi connectivity index (χ4v) is 0.719. The molecule has 0 fully saturated rings. The Morgan fingerprint density at radius 2 is 2.25 bits per heavy atom. The van der Waals surface area contributed by atoms with Crippen LogP contribution in [0.5, 0.6) is 0 Å². The number of hydrogen-bond donors (Lipinski definition) is 2. The van der Waals surface area contributed by atoms with Crippen molar-refractivity contribution in [1.29, 1.82) is 0 Å². The third-order valence-corrected chi connectivity index (χ3v) is 1.37. The fraction of sp³-hybridized carbons (Fsp3) is 0. The van der Waals surface area contributed by atoms with Crippen LogP contribution in [0.2, 0.25) is 0 Å². The minimum absolute atomic E-state index is 0.0523. The molecule has 0 aliphatic carbocycles. The molecule has 0 aliphatic heterocycles. The number of nitrogens with one attached hydrogen (secondary N) is 1. The number of carbonyl (C=O) groups is 2. The predicted molar refractivity (Wildman–Crippen MR) is 50.3 cm³/mol. The summed E-state index contributed by atoms with van der Waals surface area (Å²) >= 11 is 0. The summed E-state index contributed by atoms with van der Waals surface area (Å²) in [6.07, 6.45) is 0.994. The van der Waals surface area contributed by atoms with Crippen LogP contribution in [0.4, 0.5) is 5.88 Å². The zero-order chi connectivity index (χ0) is 12.1. The maximum absolute atomic E-state index is 10.6. The van der Waals surface area contributed by atoms with Crippen LogP contribution < -0.4 is 11.2 Å². The van der Waals surface area contributed by atoms with E-state index in [1.54, 1.807) is 5.43 Å². The summed E-state index contributed by atoms with van der Waals surface area (Å²) in [6, 6.07) is 2.40. The molecule has 2 amide bonds. The monoisotopic (exact) mass is 229 g/mol. The molecule has 0 aromatic carbocycles. The Labute approximate surface area is 88.1 Å². The minimum Gasteiger partial charge on any atom is -0.400 e. The van der Waals surface area contributed by atoms with E-state index in [4.69, 9.17) is 0 Å². The van der Waals surface area contributed by atoms with Crippen molar-refractivity contribution in [1.82, 2.24) is 5.43 Å². The van der Waals surface area contributed by atoms with E-state index in [9.17, 15) is 19.7 Å². The van der Waals surface area contributed by atoms with Gasteiger partial charge < -0.3 is 10.2 Å². The number of hydrazone groups is 1. The number of nitrogens with two attached hydrogens (primary N) is 1. The topological polar surface area (TPSA) is 141 Å². The summed E-state index contributed by atoms with van der Waals surface area (Å²) in [6.45, 7) is 0. The number of carbonyl (C=O) groups excluding carboxylic acids is 2. The highest BCUT2D eigenvalue weighted by Crippen LogP contribution is 2.13. The van der Waals surface area contributed by atoms with Crippen LogP contribution in [0.1, 0.15) is 5.76 Å². The van der Waals surface area contributed by atoms with Gasteiger partial charge in [0, 0.05) is 0 Å². The molecule has 1 aromatic rings. The van der Waals surface area contributed by atoms with Gasteiger partial charge >= 0.3 is 17.7 Å². The van der Waals surface area contributed by atoms with Crippen molar-refractivity contribution in [3.05, 3.63) is 28.0 Å². The van der Waals surface area contributed by atoms with E-state index in [0.29, 0.717) is 0 Å². The zero-order valence-electron chi connectivity index (χ0n) is 7.75. The lowest BCUT2D eigenvalue weighted by molar-refractivity contribution is -0.402. The lowest BCUT2D eigenvalue weighted by atomic mass is 10.5. The zero-order valence-corrected chi connectivity index (χ0v) is 7.75. The van der Waals surface area contributed by atoms with E-state index >= 15 is 0 Å². The van der Waals surface area contributed by atoms with Crippen molar-refractivity contribution in [2.75, 3.05) is 0 Å². The Bertz CT molecular complexity index is 463. The molecule has 9 heteroatoms. The van der Waals surface area contributed by atoms with E-state index in [1.165, 1.54) is 6.07 Å². The highest BCUT2D eigenvalue weighted by molar-refractivity contribution is 6.34. The number of amides is 2. The predicted octanol–water partition coefficient (Wildman–Crippen LogP) is -0.877. The summed E-state index contributed by atoms with van der Waals surface area (Å²) in [5.41, 5.74) is 6.42. The highest BCUT2D eigenvalue weighted by atomic mass is 16.6. The van der Waals surface area contributed by atoms with Crippen molar-refractivity contribution in [2.24, 2.45) is 10.8 Å². The van der Waals surface area contributed by atoms with E-state index in [0.717, 1.165) is 12.3 Å². The third-order valence-electron chi connectivity index (χ3n) is 1.37. The first kappa shape index (κ1) is 11.4. The summed E-state index contributed by atoms with van der Waals surface area (Å²) in [7, 11) is 0. The molecule has 9 nitrogen and oxygen atoms in total. The van der Waals surface area contributed by atoms with Gasteiger partial charge in [0.1, 0.15) is 4.92 Å². The lowest BCUT2D eigenvalue weighted by Crippen LogP contribution is -2.32. The third kappa shape index (κ3) is 2.90. The Morgan fingerprint density at radius 3 is 2.75 bits per heavy atom. The number of furan rings is 1. The first-order chi connectivity index (χ1) is 7.50. The number of nitrogens with zero attached hydrogens (tertiary/aromatic N) is 2. The van der Waals surface area contributed by atoms with E-state index < -0.39 is 22.6 Å². The molecule has 16 heavy (non-hydrogen) atoms. The van der Waals surface area contributed by atoms with Gasteiger partial charge in [-0.25, -0.2) is 5.43 Å². The normalized spacial score (nSPS) is 10.2. The number of hydrogen-bond acceptors (Lipinski definition) is 6. The Balaban J connectivity index is 2.60. The summed E-state index contributed by atoms with van der Waals surface area (Å²) in [5, 5.41) is 13.5. The van der Waals surface area contributed by atoms with Crippen molar-refractivity contribution < 1.29 is 18.9 Å². The summed E-state index contributed by atoms with van der Waals surface area (Å²) < 4.78 is 4.67. The van der Waals surface area contributed by atoms with Gasteiger partial charge in [-0.2, -0.15) is 5.10 Å². The Morgan fingerprint density at radius 1 is 1.56 bits per heavy atom. The molecule has 0 aliphatic rings. The molecule has 1 heterocycles. The Hall–Kier alpha value is -2.71. The van der Waals surface area contributed by atoms with E-state index in [1.807, 2.05) is 0 Å². The van der Waals surface area contributed by atoms with Gasteiger partial charge in [-0.3, -0.25) is 19.7 Å². The molecule has 0 radical (unpaired) electrons. The molecule has 1 rings (SSSR count). The van der Waals surface area contributed by atoms with Crippen molar-refractivity contribution in [2.45, 2.75) is 0 Å². The average molecular weight is 229 g/mol. The van der Waals surface area contributed by atoms with Gasteiger partial charge in [0.05, 0.1) is 12.3 Å². The largest absolute Gasteiger partial charge is 0.433 e. The molecule has 0 saturated heterocycles. The maximum Gasteiger partial charge on any atom is 0.433 e. The number of primary amides is 1. The smallest absolute Gasteiger partial charge is 0.400 e. The standard InChI is InChI=1S/C7H6N4O5/c8-6(12)7(13)10-9-3-4-1-2-5(16-4)11(14)15/h1-3H,(H2,8,12)(H,10,13)/b9-3+/i8+1,9+1,10+1. The average Bonchev–Trinajstić information content (AvgIpc) is 2.66. The molecule has 0 spiro atoms. The molecule has 0 bridgehead atoms. The molecule has 1 aromatic heterocycles. The van der Waals surface area contributed by atoms with Crippen LogP contribution in [-0.4, -0.2) is 23.0 Å². The molecule has 3 N–H and O–H groups in total. The van der Waals surface area contributed by atoms with Crippen molar-refractivity contribution >= 4 is 23.9 Å². The molecule has 0 unspecified atom stereocenters. The molecular weight excluding hydrogens is 223 g/mol. The molecule has 0 saturated carbocycles. The van der Waals surface area contributed by atoms with Crippen LogP contribution in [0, 0.1) is 10.1 Å². The number of nitro groups is 1. The first-order valence-electron chi connectivity index (χ1n) is 3.88. The van der Waals surface area contributed by atoms with Gasteiger partial charge in [0.25, 0.3) is 0 Å². The van der Waals surface area contributed by atoms with Gasteiger partial charge in [-0.1, -0.05) is 0 Å². The van der Waals surface area contributed by atoms with Gasteiger partial charge in [-0.05, 0) is 6.07 Å². The van der Waals surface area contributed by atoms with Crippen LogP contribution in [0.25, 0.3) is 0 Å². The lowest BCUT2D eigenvalue weighted by Gasteiger charge is -1.91. The van der Waals surface area contributed by atoms with Crippen LogP contribution in [-0.2, 0) is 9.59 Å². The second kappa shape index (κ2) is 4.68. The molecular formula is C7H6N4O5. The van der Waals surface area contributed by atoms with Crippen LogP contribution >= 0.6 is 0 Å². The van der Waals surface area contributed by atoms with E-state index in [-0.39, 0.29) is 5.76 Å². The van der Waals surface area contributed by atoms with Crippen LogP contribution in [0.3, 0.4) is 0 Å². The van der Waals surface area contributed by atoms with Crippen molar-refractivity contribution in [3.63, 3.8) is 0 Å². The maximum atomic E-state index is 10.6. The summed E-state index contributed by atoms with van der Waals surface area (Å²) in [4.78, 5) is 30.4. The highest BCUT2D eigenvalue weighted by Gasteiger charge is 2.10. The summed E-state index contributed by atoms with van der Waals surface area (Å²) in [5.74, 6) is -2.70. The first-order valence-corrected chi connectivity index (χ1v) is 3.88. The van der Waals surface area contributed by atoms with E-state index in [2.05, 4.69) is 15.3 Å². The molecule has 84 valence electrons. The minimum atomic E-state index is -1.19. The second-order valence-corrected chi connectivity index (χ2v) is 2.50. The number of rotatable bonds is 3. The SMILES string of the molecule is [15NH2]C(=O)C(=O)[15NH]/[15N]=C/c1ccc([N+](=O)[O-])o1. The van der Waals surface area contributed by atoms with Crippen LogP contribution in [0.15, 0.2) is 21.7 Å². The fourth-order valence-electron chi connectivity index (χ4n) is 0.719. The quantitative estimate of drug-likeness (QED) is 0.227. The van der Waals surface area contributed by atoms with Gasteiger partial charge in [0.15, 0.2) is 5.76 Å². The Kier molecular flexibility index (Phi) is 3.33. The van der Waals surface area contributed by atoms with Gasteiger partial charge in [-0.15, -0.1) is 0 Å². The van der Waals surface area contributed by atoms with Gasteiger partial charge in [0.2, 0.25) is 0 Å². The second-order valence-electron chi connectivity index (χ2n) is 2.50. The molecule has 0 atom stereocenters. The van der Waals surface area contributed by atoms with Crippen molar-refractivity contribution in [3.8, 4) is 0 Å².